The summed E-state index contributed by atoms with van der Waals surface area (Å²) in [7, 11) is 3.72. The quantitative estimate of drug-likeness (QED) is 0.926. The lowest BCUT2D eigenvalue weighted by molar-refractivity contribution is 0.484. The van der Waals surface area contributed by atoms with Gasteiger partial charge >= 0.3 is 5.69 Å². The van der Waals surface area contributed by atoms with Crippen LogP contribution in [0.15, 0.2) is 29.3 Å². The maximum atomic E-state index is 12.0. The normalized spacial score (nSPS) is 12.7. The first-order valence-corrected chi connectivity index (χ1v) is 6.90. The highest BCUT2D eigenvalue weighted by molar-refractivity contribution is 5.39. The molecule has 0 saturated heterocycles. The van der Waals surface area contributed by atoms with Crippen molar-refractivity contribution in [2.45, 2.75) is 33.4 Å². The molecule has 1 atom stereocenters. The van der Waals surface area contributed by atoms with Crippen molar-refractivity contribution in [1.29, 1.82) is 0 Å². The molecule has 1 heterocycles. The van der Waals surface area contributed by atoms with Crippen LogP contribution in [0.1, 0.15) is 28.3 Å². The fraction of sp³-hybridized carbons (Fsp3) is 0.438. The fourth-order valence-electron chi connectivity index (χ4n) is 2.91. The molecular weight excluding hydrogens is 250 g/mol. The van der Waals surface area contributed by atoms with Gasteiger partial charge < -0.3 is 9.88 Å². The van der Waals surface area contributed by atoms with Gasteiger partial charge in [0, 0.05) is 26.0 Å². The Hall–Kier alpha value is -1.81. The topological polar surface area (TPSA) is 39.0 Å². The summed E-state index contributed by atoms with van der Waals surface area (Å²) >= 11 is 0. The van der Waals surface area contributed by atoms with Crippen molar-refractivity contribution in [2.75, 3.05) is 7.05 Å². The molecule has 0 spiro atoms. The van der Waals surface area contributed by atoms with Crippen LogP contribution >= 0.6 is 0 Å². The maximum absolute atomic E-state index is 12.0. The molecule has 1 N–H and O–H groups in total. The van der Waals surface area contributed by atoms with Gasteiger partial charge in [0.25, 0.3) is 0 Å². The third kappa shape index (κ3) is 2.70. The number of likely N-dealkylation sites (N-methyl/N-ethyl adjacent to an activating group) is 1. The third-order valence-corrected chi connectivity index (χ3v) is 3.83. The minimum Gasteiger partial charge on any atom is -0.312 e. The van der Waals surface area contributed by atoms with Gasteiger partial charge in [-0.15, -0.1) is 0 Å². The zero-order valence-corrected chi connectivity index (χ0v) is 12.9. The van der Waals surface area contributed by atoms with Crippen LogP contribution < -0.4 is 11.0 Å². The van der Waals surface area contributed by atoms with Crippen molar-refractivity contribution in [2.24, 2.45) is 7.05 Å². The molecule has 1 unspecified atom stereocenters. The molecule has 0 saturated carbocycles. The van der Waals surface area contributed by atoms with Crippen LogP contribution in [0.2, 0.25) is 0 Å². The molecule has 4 nitrogen and oxygen atoms in total. The molecular formula is C16H23N3O. The fourth-order valence-corrected chi connectivity index (χ4v) is 2.91. The minimum absolute atomic E-state index is 0.0210. The average molecular weight is 273 g/mol. The summed E-state index contributed by atoms with van der Waals surface area (Å²) in [6.45, 7) is 7.02. The predicted octanol–water partition coefficient (Wildman–Crippen LogP) is 2.07. The number of nitrogens with one attached hydrogen (secondary N) is 1. The summed E-state index contributed by atoms with van der Waals surface area (Å²) in [6.07, 6.45) is 3.63. The van der Waals surface area contributed by atoms with Gasteiger partial charge in [0.1, 0.15) is 0 Å². The molecule has 0 bridgehead atoms. The molecule has 2 aromatic rings. The summed E-state index contributed by atoms with van der Waals surface area (Å²) in [4.78, 5) is 12.0. The van der Waals surface area contributed by atoms with Gasteiger partial charge in [0.2, 0.25) is 0 Å². The Kier molecular flexibility index (Phi) is 4.14. The van der Waals surface area contributed by atoms with E-state index < -0.39 is 0 Å². The Morgan fingerprint density at radius 3 is 2.20 bits per heavy atom. The highest BCUT2D eigenvalue weighted by atomic mass is 16.1. The van der Waals surface area contributed by atoms with Crippen molar-refractivity contribution in [1.82, 2.24) is 14.5 Å². The Labute approximate surface area is 120 Å². The second-order valence-electron chi connectivity index (χ2n) is 5.50. The Morgan fingerprint density at radius 1 is 1.15 bits per heavy atom. The van der Waals surface area contributed by atoms with Crippen molar-refractivity contribution < 1.29 is 0 Å². The highest BCUT2D eigenvalue weighted by Crippen LogP contribution is 2.24. The number of nitrogens with zero attached hydrogens (tertiary/aromatic N) is 2. The van der Waals surface area contributed by atoms with Gasteiger partial charge in [-0.2, -0.15) is 0 Å². The number of aromatic nitrogens is 2. The van der Waals surface area contributed by atoms with E-state index in [9.17, 15) is 4.79 Å². The number of rotatable bonds is 4. The zero-order valence-electron chi connectivity index (χ0n) is 12.9. The molecule has 4 heteroatoms. The van der Waals surface area contributed by atoms with Gasteiger partial charge in [0.05, 0.1) is 6.04 Å². The SMILES string of the molecule is CNC(Cn1ccn(C)c1=O)c1c(C)cc(C)cc1C. The van der Waals surface area contributed by atoms with Crippen LogP contribution in [0.4, 0.5) is 0 Å². The first-order valence-electron chi connectivity index (χ1n) is 6.90. The molecule has 0 radical (unpaired) electrons. The van der Waals surface area contributed by atoms with E-state index in [1.165, 1.54) is 22.3 Å². The second kappa shape index (κ2) is 5.67. The van der Waals surface area contributed by atoms with Crippen LogP contribution in [0.3, 0.4) is 0 Å². The molecule has 0 amide bonds. The summed E-state index contributed by atoms with van der Waals surface area (Å²) in [5.41, 5.74) is 5.12. The second-order valence-corrected chi connectivity index (χ2v) is 5.50. The molecule has 20 heavy (non-hydrogen) atoms. The molecule has 0 aliphatic rings. The summed E-state index contributed by atoms with van der Waals surface area (Å²) in [5, 5.41) is 3.34. The van der Waals surface area contributed by atoms with Gasteiger partial charge in [-0.1, -0.05) is 17.7 Å². The van der Waals surface area contributed by atoms with E-state index in [-0.39, 0.29) is 11.7 Å². The molecule has 108 valence electrons. The summed E-state index contributed by atoms with van der Waals surface area (Å²) in [5.74, 6) is 0. The van der Waals surface area contributed by atoms with E-state index in [1.54, 1.807) is 22.4 Å². The number of imidazole rings is 1. The lowest BCUT2D eigenvalue weighted by Crippen LogP contribution is -2.30. The van der Waals surface area contributed by atoms with E-state index in [2.05, 4.69) is 38.2 Å². The summed E-state index contributed by atoms with van der Waals surface area (Å²) in [6, 6.07) is 4.52. The van der Waals surface area contributed by atoms with Crippen molar-refractivity contribution in [3.8, 4) is 0 Å². The number of aryl methyl sites for hydroxylation is 4. The van der Waals surface area contributed by atoms with Crippen LogP contribution in [0, 0.1) is 20.8 Å². The molecule has 1 aromatic carbocycles. The van der Waals surface area contributed by atoms with E-state index in [0.717, 1.165) is 0 Å². The highest BCUT2D eigenvalue weighted by Gasteiger charge is 2.16. The monoisotopic (exact) mass is 273 g/mol. The molecule has 0 aliphatic heterocycles. The van der Waals surface area contributed by atoms with E-state index >= 15 is 0 Å². The van der Waals surface area contributed by atoms with Gasteiger partial charge in [-0.05, 0) is 44.5 Å². The van der Waals surface area contributed by atoms with E-state index in [4.69, 9.17) is 0 Å². The number of hydrogen-bond acceptors (Lipinski definition) is 2. The first-order chi connectivity index (χ1) is 9.43. The number of benzene rings is 1. The lowest BCUT2D eigenvalue weighted by Gasteiger charge is -2.22. The van der Waals surface area contributed by atoms with Crippen molar-refractivity contribution in [3.05, 3.63) is 57.3 Å². The van der Waals surface area contributed by atoms with Gasteiger partial charge in [-0.3, -0.25) is 4.57 Å². The van der Waals surface area contributed by atoms with Crippen LogP contribution in [0.5, 0.6) is 0 Å². The van der Waals surface area contributed by atoms with Crippen molar-refractivity contribution >= 4 is 0 Å². The van der Waals surface area contributed by atoms with Gasteiger partial charge in [0.15, 0.2) is 0 Å². The van der Waals surface area contributed by atoms with Crippen molar-refractivity contribution in [3.63, 3.8) is 0 Å². The lowest BCUT2D eigenvalue weighted by atomic mass is 9.94. The minimum atomic E-state index is 0.0210. The van der Waals surface area contributed by atoms with Crippen LogP contribution in [0.25, 0.3) is 0 Å². The Morgan fingerprint density at radius 2 is 1.75 bits per heavy atom. The molecule has 2 rings (SSSR count). The predicted molar refractivity (Wildman–Crippen MR) is 82.1 cm³/mol. The zero-order chi connectivity index (χ0) is 14.9. The first kappa shape index (κ1) is 14.6. The Balaban J connectivity index is 2.39. The Bertz CT molecular complexity index is 644. The summed E-state index contributed by atoms with van der Waals surface area (Å²) < 4.78 is 3.35. The van der Waals surface area contributed by atoms with Gasteiger partial charge in [-0.25, -0.2) is 4.79 Å². The molecule has 1 aromatic heterocycles. The van der Waals surface area contributed by atoms with Crippen LogP contribution in [-0.4, -0.2) is 16.2 Å². The molecule has 0 fully saturated rings. The standard InChI is InChI=1S/C16H23N3O/c1-11-8-12(2)15(13(3)9-11)14(17-4)10-19-7-6-18(5)16(19)20/h6-9,14,17H,10H2,1-5H3. The van der Waals surface area contributed by atoms with E-state index in [1.807, 2.05) is 13.2 Å². The maximum Gasteiger partial charge on any atom is 0.327 e. The number of hydrogen-bond donors (Lipinski definition) is 1. The van der Waals surface area contributed by atoms with Crippen LogP contribution in [-0.2, 0) is 13.6 Å². The molecule has 0 aliphatic carbocycles. The largest absolute Gasteiger partial charge is 0.327 e. The van der Waals surface area contributed by atoms with E-state index in [0.29, 0.717) is 6.54 Å². The smallest absolute Gasteiger partial charge is 0.312 e. The average Bonchev–Trinajstić information content (AvgIpc) is 2.68. The third-order valence-electron chi connectivity index (χ3n) is 3.83.